The van der Waals surface area contributed by atoms with Gasteiger partial charge in [-0.1, -0.05) is 50.1 Å². The summed E-state index contributed by atoms with van der Waals surface area (Å²) in [6.07, 6.45) is 10.6. The molecule has 0 spiro atoms. The fourth-order valence-electron chi connectivity index (χ4n) is 6.78. The van der Waals surface area contributed by atoms with Gasteiger partial charge in [0.05, 0.1) is 17.5 Å². The number of allylic oxidation sites excluding steroid dienone is 1. The second-order valence-corrected chi connectivity index (χ2v) is 14.7. The monoisotopic (exact) mass is 614 g/mol. The van der Waals surface area contributed by atoms with Gasteiger partial charge in [-0.3, -0.25) is 4.79 Å². The van der Waals surface area contributed by atoms with Crippen LogP contribution in [0.1, 0.15) is 80.3 Å². The molecule has 1 fully saturated rings. The molecule has 0 aromatic heterocycles. The molecular weight excluding hydrogens is 572 g/mol. The van der Waals surface area contributed by atoms with Crippen LogP contribution in [0.3, 0.4) is 0 Å². The number of carbonyl (C=O) groups is 1. The maximum absolute atomic E-state index is 13.5. The number of nitrogens with zero attached hydrogens (tertiary/aromatic N) is 1. The Hall–Kier alpha value is -2.55. The molecule has 2 N–H and O–H groups in total. The van der Waals surface area contributed by atoms with Crippen LogP contribution in [-0.4, -0.2) is 44.4 Å². The van der Waals surface area contributed by atoms with Crippen molar-refractivity contribution in [1.82, 2.24) is 4.72 Å². The summed E-state index contributed by atoms with van der Waals surface area (Å²) in [5.74, 6) is 0.0560. The average Bonchev–Trinajstić information content (AvgIpc) is 2.98. The van der Waals surface area contributed by atoms with E-state index in [1.54, 1.807) is 18.2 Å². The number of anilines is 1. The van der Waals surface area contributed by atoms with Crippen molar-refractivity contribution in [2.45, 2.75) is 77.1 Å². The number of aliphatic hydroxyl groups excluding tert-OH is 1. The summed E-state index contributed by atoms with van der Waals surface area (Å²) < 4.78 is 35.8. The van der Waals surface area contributed by atoms with Gasteiger partial charge in [0.1, 0.15) is 12.4 Å². The van der Waals surface area contributed by atoms with Gasteiger partial charge in [-0.25, -0.2) is 13.1 Å². The summed E-state index contributed by atoms with van der Waals surface area (Å²) in [7, 11) is -3.92. The molecule has 2 aliphatic heterocycles. The van der Waals surface area contributed by atoms with Crippen LogP contribution in [0.25, 0.3) is 0 Å². The van der Waals surface area contributed by atoms with Crippen LogP contribution in [0.2, 0.25) is 5.02 Å². The van der Waals surface area contributed by atoms with Gasteiger partial charge in [0.25, 0.3) is 5.91 Å². The molecule has 0 unspecified atom stereocenters. The van der Waals surface area contributed by atoms with Crippen molar-refractivity contribution in [1.29, 1.82) is 0 Å². The lowest BCUT2D eigenvalue weighted by atomic mass is 9.60. The molecule has 3 aliphatic rings. The lowest BCUT2D eigenvalue weighted by molar-refractivity contribution is 0.0218. The number of rotatable bonds is 3. The van der Waals surface area contributed by atoms with Gasteiger partial charge in [0.15, 0.2) is 0 Å². The summed E-state index contributed by atoms with van der Waals surface area (Å²) in [6.45, 7) is 5.74. The number of nitrogens with one attached hydrogen (secondary N) is 1. The van der Waals surface area contributed by atoms with Crippen LogP contribution >= 0.6 is 11.6 Å². The molecule has 0 saturated heterocycles. The van der Waals surface area contributed by atoms with Crippen LogP contribution in [0.5, 0.6) is 5.75 Å². The number of ether oxygens (including phenoxy) is 1. The molecule has 1 saturated carbocycles. The average molecular weight is 615 g/mol. The van der Waals surface area contributed by atoms with E-state index in [2.05, 4.69) is 21.8 Å². The summed E-state index contributed by atoms with van der Waals surface area (Å²) in [5.41, 5.74) is 2.96. The number of amides is 1. The summed E-state index contributed by atoms with van der Waals surface area (Å²) >= 11 is 6.31. The van der Waals surface area contributed by atoms with E-state index >= 15 is 0 Å². The number of fused-ring (bicyclic) bond motifs is 3. The topological polar surface area (TPSA) is 95.9 Å². The molecule has 2 aromatic carbocycles. The van der Waals surface area contributed by atoms with Crippen molar-refractivity contribution < 1.29 is 23.1 Å². The number of hydrogen-bond donors (Lipinski definition) is 2. The molecule has 2 heterocycles. The van der Waals surface area contributed by atoms with E-state index in [4.69, 9.17) is 16.3 Å². The molecule has 2 aromatic rings. The molecule has 228 valence electrons. The number of sulfonamides is 1. The van der Waals surface area contributed by atoms with Crippen molar-refractivity contribution in [2.24, 2.45) is 17.3 Å². The molecule has 42 heavy (non-hydrogen) atoms. The van der Waals surface area contributed by atoms with E-state index in [-0.39, 0.29) is 29.4 Å². The molecule has 1 aliphatic carbocycles. The standard InChI is InChI=1S/C33H43ClN2O5S/c1-3-7-31-23(2)8-6-15-33(22-37)16-14-27(33)20-36-17-5-4-9-24-18-28(34)12-10-26(24)21-41-30-13-11-25(19-29(30)36)32(38)35-42(31,39)40/h6,10-13,15,18-19,23,27,31,37H,3-5,7-9,14,16-17,20-22H2,1-2H3,(H,35,38)/b15-6-/t23-,27+,31+,33-/m1/s1. The fourth-order valence-corrected chi connectivity index (χ4v) is 8.77. The number of benzene rings is 2. The van der Waals surface area contributed by atoms with E-state index in [1.165, 1.54) is 5.56 Å². The highest BCUT2D eigenvalue weighted by Crippen LogP contribution is 2.49. The van der Waals surface area contributed by atoms with E-state index < -0.39 is 21.2 Å². The maximum atomic E-state index is 13.5. The second-order valence-electron chi connectivity index (χ2n) is 12.3. The van der Waals surface area contributed by atoms with Gasteiger partial charge >= 0.3 is 0 Å². The van der Waals surface area contributed by atoms with E-state index in [9.17, 15) is 18.3 Å². The zero-order chi connectivity index (χ0) is 29.9. The Balaban J connectivity index is 1.58. The van der Waals surface area contributed by atoms with Gasteiger partial charge in [-0.2, -0.15) is 0 Å². The zero-order valence-electron chi connectivity index (χ0n) is 24.6. The number of hydrogen-bond acceptors (Lipinski definition) is 6. The van der Waals surface area contributed by atoms with Gasteiger partial charge in [-0.15, -0.1) is 0 Å². The van der Waals surface area contributed by atoms with E-state index in [1.807, 2.05) is 32.0 Å². The molecule has 5 rings (SSSR count). The fraction of sp³-hybridized carbons (Fsp3) is 0.545. The summed E-state index contributed by atoms with van der Waals surface area (Å²) in [4.78, 5) is 15.7. The predicted molar refractivity (Wildman–Crippen MR) is 168 cm³/mol. The minimum absolute atomic E-state index is 0.0482. The lowest BCUT2D eigenvalue weighted by Crippen LogP contribution is -2.48. The van der Waals surface area contributed by atoms with Crippen LogP contribution in [0, 0.1) is 17.3 Å². The summed E-state index contributed by atoms with van der Waals surface area (Å²) in [5, 5.41) is 10.6. The third kappa shape index (κ3) is 6.51. The molecule has 0 radical (unpaired) electrons. The lowest BCUT2D eigenvalue weighted by Gasteiger charge is -2.49. The van der Waals surface area contributed by atoms with Crippen LogP contribution < -0.4 is 14.4 Å². The van der Waals surface area contributed by atoms with Gasteiger partial charge in [-0.05, 0) is 98.2 Å². The third-order valence-corrected chi connectivity index (χ3v) is 11.7. The third-order valence-electron chi connectivity index (χ3n) is 9.54. The normalized spacial score (nSPS) is 28.7. The minimum atomic E-state index is -3.92. The van der Waals surface area contributed by atoms with Crippen LogP contribution in [0.15, 0.2) is 48.6 Å². The first-order valence-corrected chi connectivity index (χ1v) is 17.2. The highest BCUT2D eigenvalue weighted by atomic mass is 35.5. The molecule has 4 atom stereocenters. The van der Waals surface area contributed by atoms with Crippen molar-refractivity contribution in [2.75, 3.05) is 24.6 Å². The first-order valence-electron chi connectivity index (χ1n) is 15.3. The highest BCUT2D eigenvalue weighted by Gasteiger charge is 2.45. The number of carbonyl (C=O) groups excluding carboxylic acids is 1. The highest BCUT2D eigenvalue weighted by molar-refractivity contribution is 7.90. The Labute approximate surface area is 255 Å². The smallest absolute Gasteiger partial charge is 0.264 e. The molecule has 9 heteroatoms. The Morgan fingerprint density at radius 2 is 2.00 bits per heavy atom. The predicted octanol–water partition coefficient (Wildman–Crippen LogP) is 6.27. The Morgan fingerprint density at radius 3 is 2.74 bits per heavy atom. The van der Waals surface area contributed by atoms with Gasteiger partial charge < -0.3 is 14.7 Å². The van der Waals surface area contributed by atoms with E-state index in [0.29, 0.717) is 43.2 Å². The van der Waals surface area contributed by atoms with E-state index in [0.717, 1.165) is 49.9 Å². The number of halogens is 1. The minimum Gasteiger partial charge on any atom is -0.487 e. The first-order chi connectivity index (χ1) is 20.2. The Morgan fingerprint density at radius 1 is 1.17 bits per heavy atom. The number of aliphatic hydroxyl groups is 1. The van der Waals surface area contributed by atoms with Crippen LogP contribution in [-0.2, 0) is 23.1 Å². The van der Waals surface area contributed by atoms with Crippen molar-refractivity contribution in [3.8, 4) is 5.75 Å². The molecule has 2 bridgehead atoms. The molecule has 1 amide bonds. The molecule has 7 nitrogen and oxygen atoms in total. The Kier molecular flexibility index (Phi) is 9.55. The Bertz CT molecular complexity index is 1420. The molecular formula is C33H43ClN2O5S. The van der Waals surface area contributed by atoms with Crippen molar-refractivity contribution >= 4 is 33.2 Å². The van der Waals surface area contributed by atoms with Gasteiger partial charge in [0.2, 0.25) is 10.0 Å². The quantitative estimate of drug-likeness (QED) is 0.395. The number of aryl methyl sites for hydroxylation is 1. The van der Waals surface area contributed by atoms with Crippen LogP contribution in [0.4, 0.5) is 5.69 Å². The maximum Gasteiger partial charge on any atom is 0.264 e. The second kappa shape index (κ2) is 13.0. The van der Waals surface area contributed by atoms with Gasteiger partial charge in [0, 0.05) is 29.1 Å². The SMILES string of the molecule is CCC[C@H]1[C@H](C)C/C=C\[C@]2(CO)CC[C@H]2CN2CCCCc3cc(Cl)ccc3COc3ccc(cc32)C(=O)NS1(=O)=O. The zero-order valence-corrected chi connectivity index (χ0v) is 26.2. The first kappa shape index (κ1) is 30.9. The van der Waals surface area contributed by atoms with Crippen molar-refractivity contribution in [3.05, 3.63) is 70.3 Å². The summed E-state index contributed by atoms with van der Waals surface area (Å²) in [6, 6.07) is 11.1. The van der Waals surface area contributed by atoms with Crippen molar-refractivity contribution in [3.63, 3.8) is 0 Å². The largest absolute Gasteiger partial charge is 0.487 e.